The average Bonchev–Trinajstić information content (AvgIpc) is 2.86. The first-order valence-corrected chi connectivity index (χ1v) is 10.5. The van der Waals surface area contributed by atoms with E-state index in [4.69, 9.17) is 0 Å². The van der Waals surface area contributed by atoms with E-state index in [9.17, 15) is 31.9 Å². The quantitative estimate of drug-likeness (QED) is 0.412. The maximum atomic E-state index is 13.3. The smallest absolute Gasteiger partial charge is 0.345 e. The minimum atomic E-state index is -4.60. The first kappa shape index (κ1) is 24.5. The van der Waals surface area contributed by atoms with Gasteiger partial charge in [-0.1, -0.05) is 18.2 Å². The Kier molecular flexibility index (Phi) is 6.77. The van der Waals surface area contributed by atoms with Crippen molar-refractivity contribution >= 4 is 5.91 Å². The maximum absolute atomic E-state index is 13.3. The standard InChI is InChI=1S/C24H17F4N5O3/c25-17-8-4-15(5-9-17)14-32-22(35)20(21(34)30-13-18-3-1-2-12-29-18)31-33(23(32)36)19-10-6-16(7-11-19)24(26,27)28/h1-12H,13-14H2,(H,30,34). The first-order valence-electron chi connectivity index (χ1n) is 10.5. The van der Waals surface area contributed by atoms with Crippen LogP contribution in [0.2, 0.25) is 0 Å². The molecular formula is C24H17F4N5O3. The van der Waals surface area contributed by atoms with E-state index in [1.807, 2.05) is 0 Å². The van der Waals surface area contributed by atoms with Crippen LogP contribution in [0.25, 0.3) is 5.69 Å². The van der Waals surface area contributed by atoms with Crippen molar-refractivity contribution in [3.63, 3.8) is 0 Å². The Labute approximate surface area is 200 Å². The van der Waals surface area contributed by atoms with Crippen LogP contribution >= 0.6 is 0 Å². The molecule has 184 valence electrons. The number of carbonyl (C=O) groups is 1. The highest BCUT2D eigenvalue weighted by Gasteiger charge is 2.30. The maximum Gasteiger partial charge on any atom is 0.416 e. The molecule has 0 saturated heterocycles. The minimum absolute atomic E-state index is 0.0435. The number of rotatable bonds is 6. The summed E-state index contributed by atoms with van der Waals surface area (Å²) in [5.74, 6) is -1.45. The highest BCUT2D eigenvalue weighted by molar-refractivity contribution is 5.91. The number of hydrogen-bond donors (Lipinski definition) is 1. The predicted octanol–water partition coefficient (Wildman–Crippen LogP) is 2.93. The molecule has 0 fully saturated rings. The van der Waals surface area contributed by atoms with E-state index in [2.05, 4.69) is 15.4 Å². The molecule has 4 rings (SSSR count). The monoisotopic (exact) mass is 499 g/mol. The molecule has 12 heteroatoms. The second-order valence-electron chi connectivity index (χ2n) is 7.61. The molecule has 2 aromatic heterocycles. The Morgan fingerprint density at radius 1 is 0.944 bits per heavy atom. The SMILES string of the molecule is O=C(NCc1ccccn1)c1nn(-c2ccc(C(F)(F)F)cc2)c(=O)n(Cc2ccc(F)cc2)c1=O. The van der Waals surface area contributed by atoms with Gasteiger partial charge in [0.2, 0.25) is 5.69 Å². The van der Waals surface area contributed by atoms with Gasteiger partial charge in [0.25, 0.3) is 11.5 Å². The van der Waals surface area contributed by atoms with Crippen molar-refractivity contribution in [1.29, 1.82) is 0 Å². The van der Waals surface area contributed by atoms with E-state index in [1.165, 1.54) is 18.3 Å². The van der Waals surface area contributed by atoms with Gasteiger partial charge in [-0.25, -0.2) is 9.18 Å². The Morgan fingerprint density at radius 2 is 1.64 bits per heavy atom. The van der Waals surface area contributed by atoms with Gasteiger partial charge in [0, 0.05) is 6.20 Å². The molecule has 0 bridgehead atoms. The van der Waals surface area contributed by atoms with Crippen LogP contribution in [0.5, 0.6) is 0 Å². The zero-order valence-electron chi connectivity index (χ0n) is 18.4. The number of aromatic nitrogens is 4. The van der Waals surface area contributed by atoms with Crippen molar-refractivity contribution in [2.75, 3.05) is 0 Å². The summed E-state index contributed by atoms with van der Waals surface area (Å²) < 4.78 is 53.6. The van der Waals surface area contributed by atoms with Gasteiger partial charge in [0.15, 0.2) is 0 Å². The number of halogens is 4. The fraction of sp³-hybridized carbons (Fsp3) is 0.125. The van der Waals surface area contributed by atoms with Gasteiger partial charge in [-0.3, -0.25) is 19.1 Å². The molecule has 1 amide bonds. The molecular weight excluding hydrogens is 482 g/mol. The molecule has 2 aromatic carbocycles. The zero-order chi connectivity index (χ0) is 25.9. The van der Waals surface area contributed by atoms with Crippen molar-refractivity contribution in [2.24, 2.45) is 0 Å². The van der Waals surface area contributed by atoms with Crippen molar-refractivity contribution in [3.05, 3.63) is 122 Å². The molecule has 8 nitrogen and oxygen atoms in total. The van der Waals surface area contributed by atoms with E-state index < -0.39 is 40.4 Å². The van der Waals surface area contributed by atoms with Crippen LogP contribution in [0.15, 0.2) is 82.5 Å². The third-order valence-corrected chi connectivity index (χ3v) is 5.12. The highest BCUT2D eigenvalue weighted by atomic mass is 19.4. The number of alkyl halides is 3. The molecule has 4 aromatic rings. The molecule has 0 radical (unpaired) electrons. The van der Waals surface area contributed by atoms with Gasteiger partial charge >= 0.3 is 11.9 Å². The van der Waals surface area contributed by atoms with Crippen LogP contribution < -0.4 is 16.6 Å². The summed E-state index contributed by atoms with van der Waals surface area (Å²) in [5, 5.41) is 6.35. The lowest BCUT2D eigenvalue weighted by molar-refractivity contribution is -0.137. The summed E-state index contributed by atoms with van der Waals surface area (Å²) in [6, 6.07) is 13.5. The highest BCUT2D eigenvalue weighted by Crippen LogP contribution is 2.29. The minimum Gasteiger partial charge on any atom is -0.345 e. The van der Waals surface area contributed by atoms with E-state index in [-0.39, 0.29) is 18.8 Å². The fourth-order valence-electron chi connectivity index (χ4n) is 3.29. The van der Waals surface area contributed by atoms with Crippen molar-refractivity contribution < 1.29 is 22.4 Å². The molecule has 0 unspecified atom stereocenters. The average molecular weight is 499 g/mol. The molecule has 0 atom stereocenters. The molecule has 2 heterocycles. The van der Waals surface area contributed by atoms with Crippen molar-refractivity contribution in [2.45, 2.75) is 19.3 Å². The van der Waals surface area contributed by atoms with Crippen molar-refractivity contribution in [1.82, 2.24) is 24.6 Å². The Balaban J connectivity index is 1.78. The second kappa shape index (κ2) is 9.94. The lowest BCUT2D eigenvalue weighted by Crippen LogP contribution is -2.46. The van der Waals surface area contributed by atoms with Crippen LogP contribution in [0, 0.1) is 5.82 Å². The number of nitrogens with one attached hydrogen (secondary N) is 1. The van der Waals surface area contributed by atoms with Gasteiger partial charge in [0.1, 0.15) is 5.82 Å². The Hall–Kier alpha value is -4.61. The zero-order valence-corrected chi connectivity index (χ0v) is 18.4. The topological polar surface area (TPSA) is 98.9 Å². The van der Waals surface area contributed by atoms with E-state index in [1.54, 1.807) is 18.2 Å². The summed E-state index contributed by atoms with van der Waals surface area (Å²) in [7, 11) is 0. The molecule has 0 spiro atoms. The lowest BCUT2D eigenvalue weighted by Gasteiger charge is -2.13. The number of pyridine rings is 1. The first-order chi connectivity index (χ1) is 17.1. The number of benzene rings is 2. The van der Waals surface area contributed by atoms with Crippen LogP contribution in [0.4, 0.5) is 17.6 Å². The summed E-state index contributed by atoms with van der Waals surface area (Å²) in [5.41, 5.74) is -2.86. The summed E-state index contributed by atoms with van der Waals surface area (Å²) in [4.78, 5) is 43.1. The fourth-order valence-corrected chi connectivity index (χ4v) is 3.29. The van der Waals surface area contributed by atoms with Gasteiger partial charge in [-0.05, 0) is 54.1 Å². The largest absolute Gasteiger partial charge is 0.416 e. The third kappa shape index (κ3) is 5.37. The van der Waals surface area contributed by atoms with Crippen LogP contribution in [-0.2, 0) is 19.3 Å². The molecule has 1 N–H and O–H groups in total. The van der Waals surface area contributed by atoms with Gasteiger partial charge in [0.05, 0.1) is 30.0 Å². The normalized spacial score (nSPS) is 11.3. The molecule has 0 aliphatic heterocycles. The summed E-state index contributed by atoms with van der Waals surface area (Å²) >= 11 is 0. The van der Waals surface area contributed by atoms with Crippen LogP contribution in [0.3, 0.4) is 0 Å². The van der Waals surface area contributed by atoms with Gasteiger partial charge in [-0.15, -0.1) is 0 Å². The van der Waals surface area contributed by atoms with Crippen LogP contribution in [-0.4, -0.2) is 25.2 Å². The van der Waals surface area contributed by atoms with Gasteiger partial charge < -0.3 is 5.32 Å². The summed E-state index contributed by atoms with van der Waals surface area (Å²) in [6.45, 7) is -0.375. The number of amides is 1. The van der Waals surface area contributed by atoms with E-state index in [0.29, 0.717) is 20.5 Å². The Morgan fingerprint density at radius 3 is 2.25 bits per heavy atom. The van der Waals surface area contributed by atoms with E-state index >= 15 is 0 Å². The molecule has 0 aliphatic carbocycles. The van der Waals surface area contributed by atoms with Crippen LogP contribution in [0.1, 0.15) is 27.3 Å². The molecule has 0 aliphatic rings. The second-order valence-corrected chi connectivity index (χ2v) is 7.61. The Bertz CT molecular complexity index is 1500. The van der Waals surface area contributed by atoms with E-state index in [0.717, 1.165) is 36.4 Å². The molecule has 0 saturated carbocycles. The third-order valence-electron chi connectivity index (χ3n) is 5.12. The van der Waals surface area contributed by atoms with Gasteiger partial charge in [-0.2, -0.15) is 23.0 Å². The lowest BCUT2D eigenvalue weighted by atomic mass is 10.2. The number of nitrogens with zero attached hydrogens (tertiary/aromatic N) is 4. The summed E-state index contributed by atoms with van der Waals surface area (Å²) in [6.07, 6.45) is -3.09. The number of carbonyl (C=O) groups excluding carboxylic acids is 1. The number of hydrogen-bond acceptors (Lipinski definition) is 5. The molecule has 36 heavy (non-hydrogen) atoms. The predicted molar refractivity (Wildman–Crippen MR) is 120 cm³/mol. The van der Waals surface area contributed by atoms with Crippen molar-refractivity contribution in [3.8, 4) is 5.69 Å².